The SMILES string of the molecule is COc1cc2c3c(c(-c4ccc(C)o4)nc2cc1OCCCN1CCCC1)CCC(CC1CCN(C(C)=O)CC1)N3. The molecule has 0 radical (unpaired) electrons. The first-order chi connectivity index (χ1) is 20.0. The van der Waals surface area contributed by atoms with Crippen molar-refractivity contribution in [1.29, 1.82) is 0 Å². The topological polar surface area (TPSA) is 80.1 Å². The molecule has 1 aromatic carbocycles. The highest BCUT2D eigenvalue weighted by Gasteiger charge is 2.29. The zero-order valence-corrected chi connectivity index (χ0v) is 24.8. The summed E-state index contributed by atoms with van der Waals surface area (Å²) in [4.78, 5) is 21.4. The lowest BCUT2D eigenvalue weighted by Gasteiger charge is -2.35. The third-order valence-corrected chi connectivity index (χ3v) is 9.19. The van der Waals surface area contributed by atoms with E-state index in [1.165, 1.54) is 31.5 Å². The van der Waals surface area contributed by atoms with Crippen LogP contribution in [0.3, 0.4) is 0 Å². The first kappa shape index (κ1) is 27.9. The fourth-order valence-electron chi connectivity index (χ4n) is 6.89. The summed E-state index contributed by atoms with van der Waals surface area (Å²) in [6, 6.07) is 8.53. The Bertz CT molecular complexity index is 1370. The lowest BCUT2D eigenvalue weighted by atomic mass is 9.85. The Hall–Kier alpha value is -3.26. The predicted molar refractivity (Wildman–Crippen MR) is 162 cm³/mol. The smallest absolute Gasteiger partial charge is 0.219 e. The van der Waals surface area contributed by atoms with Gasteiger partial charge in [-0.3, -0.25) is 4.79 Å². The Balaban J connectivity index is 1.26. The fraction of sp³-hybridized carbons (Fsp3) is 0.576. The number of methoxy groups -OCH3 is 1. The zero-order chi connectivity index (χ0) is 28.3. The summed E-state index contributed by atoms with van der Waals surface area (Å²) in [6.07, 6.45) is 8.85. The minimum Gasteiger partial charge on any atom is -0.493 e. The minimum absolute atomic E-state index is 0.191. The fourth-order valence-corrected chi connectivity index (χ4v) is 6.89. The predicted octanol–water partition coefficient (Wildman–Crippen LogP) is 6.05. The van der Waals surface area contributed by atoms with E-state index in [4.69, 9.17) is 18.9 Å². The summed E-state index contributed by atoms with van der Waals surface area (Å²) in [5, 5.41) is 4.99. The number of aromatic nitrogens is 1. The number of fused-ring (bicyclic) bond motifs is 3. The molecule has 1 N–H and O–H groups in total. The molecule has 3 aliphatic rings. The summed E-state index contributed by atoms with van der Waals surface area (Å²) in [5.41, 5.74) is 4.13. The number of rotatable bonds is 9. The molecule has 2 fully saturated rings. The van der Waals surface area contributed by atoms with Crippen molar-refractivity contribution in [3.05, 3.63) is 35.6 Å². The highest BCUT2D eigenvalue weighted by atomic mass is 16.5. The van der Waals surface area contributed by atoms with Gasteiger partial charge in [-0.25, -0.2) is 4.98 Å². The number of benzene rings is 1. The molecule has 41 heavy (non-hydrogen) atoms. The summed E-state index contributed by atoms with van der Waals surface area (Å²) >= 11 is 0. The second-order valence-corrected chi connectivity index (χ2v) is 12.1. The average molecular weight is 561 g/mol. The Kier molecular flexibility index (Phi) is 8.37. The number of nitrogens with one attached hydrogen (secondary N) is 1. The van der Waals surface area contributed by atoms with Crippen LogP contribution in [0.5, 0.6) is 11.5 Å². The summed E-state index contributed by atoms with van der Waals surface area (Å²) < 4.78 is 18.2. The summed E-state index contributed by atoms with van der Waals surface area (Å²) in [6.45, 7) is 9.52. The van der Waals surface area contributed by atoms with Gasteiger partial charge < -0.3 is 29.0 Å². The van der Waals surface area contributed by atoms with Crippen molar-refractivity contribution in [3.8, 4) is 23.0 Å². The van der Waals surface area contributed by atoms with E-state index in [9.17, 15) is 4.79 Å². The lowest BCUT2D eigenvalue weighted by molar-refractivity contribution is -0.130. The number of nitrogens with zero attached hydrogens (tertiary/aromatic N) is 3. The molecule has 5 heterocycles. The van der Waals surface area contributed by atoms with Gasteiger partial charge in [-0.15, -0.1) is 0 Å². The van der Waals surface area contributed by atoms with E-state index >= 15 is 0 Å². The maximum Gasteiger partial charge on any atom is 0.219 e. The van der Waals surface area contributed by atoms with Gasteiger partial charge >= 0.3 is 0 Å². The number of carbonyl (C=O) groups excluding carboxylic acids is 1. The zero-order valence-electron chi connectivity index (χ0n) is 24.8. The van der Waals surface area contributed by atoms with Crippen molar-refractivity contribution in [3.63, 3.8) is 0 Å². The number of hydrogen-bond donors (Lipinski definition) is 1. The normalized spacial score (nSPS) is 19.8. The second kappa shape index (κ2) is 12.3. The van der Waals surface area contributed by atoms with Gasteiger partial charge in [-0.1, -0.05) is 0 Å². The van der Waals surface area contributed by atoms with Crippen LogP contribution < -0.4 is 14.8 Å². The van der Waals surface area contributed by atoms with Crippen molar-refractivity contribution in [1.82, 2.24) is 14.8 Å². The third kappa shape index (κ3) is 6.17. The molecule has 2 saturated heterocycles. The number of anilines is 1. The molecular weight excluding hydrogens is 516 g/mol. The van der Waals surface area contributed by atoms with E-state index in [2.05, 4.69) is 16.3 Å². The third-order valence-electron chi connectivity index (χ3n) is 9.19. The highest BCUT2D eigenvalue weighted by Crippen LogP contribution is 2.43. The molecule has 0 aliphatic carbocycles. The van der Waals surface area contributed by atoms with Crippen LogP contribution in [0.1, 0.15) is 63.2 Å². The molecular formula is C33H44N4O4. The summed E-state index contributed by atoms with van der Waals surface area (Å²) in [5.74, 6) is 3.98. The maximum absolute atomic E-state index is 11.8. The summed E-state index contributed by atoms with van der Waals surface area (Å²) in [7, 11) is 1.71. The van der Waals surface area contributed by atoms with Gasteiger partial charge in [0.25, 0.3) is 0 Å². The van der Waals surface area contributed by atoms with Crippen LogP contribution in [-0.2, 0) is 11.2 Å². The van der Waals surface area contributed by atoms with Crippen molar-refractivity contribution < 1.29 is 18.7 Å². The van der Waals surface area contributed by atoms with Gasteiger partial charge in [0.1, 0.15) is 11.5 Å². The molecule has 8 nitrogen and oxygen atoms in total. The Morgan fingerprint density at radius 3 is 2.61 bits per heavy atom. The van der Waals surface area contributed by atoms with Crippen molar-refractivity contribution in [2.75, 3.05) is 51.8 Å². The molecule has 3 aliphatic heterocycles. The van der Waals surface area contributed by atoms with E-state index in [-0.39, 0.29) is 5.91 Å². The molecule has 1 atom stereocenters. The van der Waals surface area contributed by atoms with Gasteiger partial charge in [0.05, 0.1) is 19.2 Å². The van der Waals surface area contributed by atoms with Crippen molar-refractivity contribution in [2.45, 2.75) is 71.3 Å². The molecule has 0 spiro atoms. The number of aryl methyl sites for hydroxylation is 1. The van der Waals surface area contributed by atoms with Crippen molar-refractivity contribution >= 4 is 22.5 Å². The molecule has 8 heteroatoms. The molecule has 1 amide bonds. The number of carbonyl (C=O) groups is 1. The van der Waals surface area contributed by atoms with Crippen LogP contribution in [-0.4, -0.2) is 73.2 Å². The van der Waals surface area contributed by atoms with E-state index in [1.54, 1.807) is 14.0 Å². The Morgan fingerprint density at radius 2 is 1.90 bits per heavy atom. The lowest BCUT2D eigenvalue weighted by Crippen LogP contribution is -2.39. The van der Waals surface area contributed by atoms with Crippen LogP contribution in [0.15, 0.2) is 28.7 Å². The Labute approximate surface area is 243 Å². The molecule has 0 saturated carbocycles. The minimum atomic E-state index is 0.191. The van der Waals surface area contributed by atoms with Crippen LogP contribution in [0.2, 0.25) is 0 Å². The average Bonchev–Trinajstić information content (AvgIpc) is 3.66. The molecule has 220 valence electrons. The first-order valence-corrected chi connectivity index (χ1v) is 15.5. The number of likely N-dealkylation sites (tertiary alicyclic amines) is 2. The van der Waals surface area contributed by atoms with Gasteiger partial charge in [0.15, 0.2) is 17.3 Å². The monoisotopic (exact) mass is 560 g/mol. The number of hydrogen-bond acceptors (Lipinski definition) is 7. The Morgan fingerprint density at radius 1 is 1.10 bits per heavy atom. The number of amides is 1. The second-order valence-electron chi connectivity index (χ2n) is 12.1. The molecule has 1 unspecified atom stereocenters. The van der Waals surface area contributed by atoms with E-state index in [1.807, 2.05) is 30.0 Å². The van der Waals surface area contributed by atoms with E-state index in [0.717, 1.165) is 103 Å². The highest BCUT2D eigenvalue weighted by molar-refractivity contribution is 5.98. The maximum atomic E-state index is 11.8. The van der Waals surface area contributed by atoms with Gasteiger partial charge in [-0.05, 0) is 95.5 Å². The first-order valence-electron chi connectivity index (χ1n) is 15.5. The molecule has 0 bridgehead atoms. The molecule has 3 aromatic rings. The van der Waals surface area contributed by atoms with Gasteiger partial charge in [-0.2, -0.15) is 0 Å². The van der Waals surface area contributed by atoms with Crippen LogP contribution in [0.25, 0.3) is 22.4 Å². The van der Waals surface area contributed by atoms with Crippen molar-refractivity contribution in [2.24, 2.45) is 5.92 Å². The van der Waals surface area contributed by atoms with Gasteiger partial charge in [0.2, 0.25) is 5.91 Å². The number of pyridine rings is 1. The van der Waals surface area contributed by atoms with Gasteiger partial charge in [0, 0.05) is 55.3 Å². The number of piperidine rings is 1. The largest absolute Gasteiger partial charge is 0.493 e. The van der Waals surface area contributed by atoms with Crippen LogP contribution in [0.4, 0.5) is 5.69 Å². The van der Waals surface area contributed by atoms with E-state index < -0.39 is 0 Å². The van der Waals surface area contributed by atoms with E-state index in [0.29, 0.717) is 18.6 Å². The standard InChI is InChI=1S/C33H44N4O4/c1-22-7-10-29(41-22)33-26-9-8-25(19-24-11-16-37(17-12-24)23(2)38)34-32(26)27-20-30(39-3)31(21-28(27)35-33)40-18-6-15-36-13-4-5-14-36/h7,10,20-21,24-25,34H,4-6,8-9,11-19H2,1-3H3. The molecule has 2 aromatic heterocycles. The number of furan rings is 1. The van der Waals surface area contributed by atoms with Crippen LogP contribution in [0, 0.1) is 12.8 Å². The van der Waals surface area contributed by atoms with Crippen LogP contribution >= 0.6 is 0 Å². The molecule has 6 rings (SSSR count). The quantitative estimate of drug-likeness (QED) is 0.319. The number of ether oxygens (including phenoxy) is 2.